The summed E-state index contributed by atoms with van der Waals surface area (Å²) in [7, 11) is -3.43. The number of hydrogen-bond donors (Lipinski definition) is 1. The van der Waals surface area contributed by atoms with E-state index in [9.17, 15) is 8.42 Å². The average Bonchev–Trinajstić information content (AvgIpc) is 3.13. The molecule has 0 amide bonds. The normalized spacial score (nSPS) is 23.6. The van der Waals surface area contributed by atoms with E-state index in [1.54, 1.807) is 12.1 Å². The third-order valence-electron chi connectivity index (χ3n) is 6.06. The fraction of sp³-hybridized carbons (Fsp3) is 0.478. The first-order chi connectivity index (χ1) is 14.5. The lowest BCUT2D eigenvalue weighted by Gasteiger charge is -2.26. The van der Waals surface area contributed by atoms with Crippen LogP contribution in [0.5, 0.6) is 0 Å². The molecule has 6 nitrogen and oxygen atoms in total. The molecule has 4 rings (SSSR count). The lowest BCUT2D eigenvalue weighted by molar-refractivity contribution is 0.0730. The molecule has 0 radical (unpaired) electrons. The fourth-order valence-corrected chi connectivity index (χ4v) is 5.67. The molecule has 0 saturated carbocycles. The molecule has 0 spiro atoms. The van der Waals surface area contributed by atoms with Crippen molar-refractivity contribution in [2.24, 2.45) is 0 Å². The second kappa shape index (κ2) is 9.58. The van der Waals surface area contributed by atoms with Crippen molar-refractivity contribution in [3.05, 3.63) is 65.7 Å². The van der Waals surface area contributed by atoms with Gasteiger partial charge in [-0.05, 0) is 36.6 Å². The third kappa shape index (κ3) is 5.10. The van der Waals surface area contributed by atoms with Crippen LogP contribution in [-0.2, 0) is 27.8 Å². The second-order valence-electron chi connectivity index (χ2n) is 8.24. The van der Waals surface area contributed by atoms with Crippen LogP contribution in [0.15, 0.2) is 59.5 Å². The summed E-state index contributed by atoms with van der Waals surface area (Å²) in [6.07, 6.45) is 1.12. The zero-order valence-corrected chi connectivity index (χ0v) is 18.4. The fourth-order valence-electron chi connectivity index (χ4n) is 4.26. The summed E-state index contributed by atoms with van der Waals surface area (Å²) in [5, 5.41) is 3.65. The Hall–Kier alpha value is -1.77. The number of nitrogens with zero attached hydrogens (tertiary/aromatic N) is 2. The lowest BCUT2D eigenvalue weighted by atomic mass is 10.1. The summed E-state index contributed by atoms with van der Waals surface area (Å²) in [6.45, 7) is 6.80. The van der Waals surface area contributed by atoms with Crippen LogP contribution >= 0.6 is 0 Å². The number of nitrogens with one attached hydrogen (secondary N) is 1. The molecule has 0 aliphatic carbocycles. The van der Waals surface area contributed by atoms with Crippen molar-refractivity contribution >= 4 is 10.0 Å². The molecule has 2 aromatic rings. The van der Waals surface area contributed by atoms with E-state index in [1.165, 1.54) is 9.87 Å². The minimum atomic E-state index is -3.43. The SMILES string of the molecule is CC1CC(NCc2ccc(S(=O)(=O)N3CCOCC3)cc2)CN1Cc1ccccc1. The first kappa shape index (κ1) is 21.5. The number of sulfonamides is 1. The van der Waals surface area contributed by atoms with Gasteiger partial charge in [0.05, 0.1) is 18.1 Å². The molecule has 2 aliphatic heterocycles. The zero-order valence-electron chi connectivity index (χ0n) is 17.5. The van der Waals surface area contributed by atoms with Gasteiger partial charge in [0.25, 0.3) is 0 Å². The van der Waals surface area contributed by atoms with Crippen LogP contribution in [-0.4, -0.2) is 62.6 Å². The molecule has 2 saturated heterocycles. The van der Waals surface area contributed by atoms with Gasteiger partial charge in [-0.1, -0.05) is 42.5 Å². The zero-order chi connectivity index (χ0) is 21.0. The first-order valence-electron chi connectivity index (χ1n) is 10.7. The van der Waals surface area contributed by atoms with Gasteiger partial charge in [0.1, 0.15) is 0 Å². The summed E-state index contributed by atoms with van der Waals surface area (Å²) in [5.41, 5.74) is 2.45. The number of morpholine rings is 1. The standard InChI is InChI=1S/C23H31N3O3S/c1-19-15-22(18-25(19)17-21-5-3-2-4-6-21)24-16-20-7-9-23(10-8-20)30(27,28)26-11-13-29-14-12-26/h2-10,19,22,24H,11-18H2,1H3. The molecule has 30 heavy (non-hydrogen) atoms. The van der Waals surface area contributed by atoms with Gasteiger partial charge >= 0.3 is 0 Å². The molecule has 2 aromatic carbocycles. The monoisotopic (exact) mass is 429 g/mol. The topological polar surface area (TPSA) is 61.9 Å². The van der Waals surface area contributed by atoms with E-state index in [0.717, 1.165) is 31.6 Å². The maximum atomic E-state index is 12.7. The minimum absolute atomic E-state index is 0.358. The van der Waals surface area contributed by atoms with E-state index in [0.29, 0.717) is 43.3 Å². The van der Waals surface area contributed by atoms with Crippen molar-refractivity contribution in [2.75, 3.05) is 32.8 Å². The van der Waals surface area contributed by atoms with Crippen molar-refractivity contribution in [2.45, 2.75) is 43.4 Å². The summed E-state index contributed by atoms with van der Waals surface area (Å²) < 4.78 is 32.2. The Balaban J connectivity index is 1.30. The van der Waals surface area contributed by atoms with E-state index in [4.69, 9.17) is 4.74 Å². The van der Waals surface area contributed by atoms with Crippen molar-refractivity contribution < 1.29 is 13.2 Å². The molecule has 1 N–H and O–H groups in total. The van der Waals surface area contributed by atoms with Gasteiger partial charge in [-0.15, -0.1) is 0 Å². The van der Waals surface area contributed by atoms with Crippen LogP contribution in [0.1, 0.15) is 24.5 Å². The van der Waals surface area contributed by atoms with Crippen LogP contribution in [0, 0.1) is 0 Å². The Morgan fingerprint density at radius 2 is 1.70 bits per heavy atom. The van der Waals surface area contributed by atoms with Gasteiger partial charge in [0.2, 0.25) is 10.0 Å². The molecule has 2 atom stereocenters. The number of benzene rings is 2. The molecule has 2 heterocycles. The van der Waals surface area contributed by atoms with E-state index >= 15 is 0 Å². The maximum absolute atomic E-state index is 12.7. The van der Waals surface area contributed by atoms with Gasteiger partial charge in [0.15, 0.2) is 0 Å². The highest BCUT2D eigenvalue weighted by Gasteiger charge is 2.29. The summed E-state index contributed by atoms with van der Waals surface area (Å²) in [5.74, 6) is 0. The second-order valence-corrected chi connectivity index (χ2v) is 10.2. The van der Waals surface area contributed by atoms with Crippen LogP contribution in [0.25, 0.3) is 0 Å². The Kier molecular flexibility index (Phi) is 6.85. The highest BCUT2D eigenvalue weighted by atomic mass is 32.2. The minimum Gasteiger partial charge on any atom is -0.379 e. The number of ether oxygens (including phenoxy) is 1. The third-order valence-corrected chi connectivity index (χ3v) is 7.97. The molecule has 7 heteroatoms. The smallest absolute Gasteiger partial charge is 0.243 e. The number of likely N-dealkylation sites (tertiary alicyclic amines) is 1. The first-order valence-corrected chi connectivity index (χ1v) is 12.1. The Labute approximate surface area is 179 Å². The van der Waals surface area contributed by atoms with E-state index in [-0.39, 0.29) is 0 Å². The quantitative estimate of drug-likeness (QED) is 0.733. The van der Waals surface area contributed by atoms with Crippen molar-refractivity contribution in [3.8, 4) is 0 Å². The van der Waals surface area contributed by atoms with Crippen molar-refractivity contribution in [3.63, 3.8) is 0 Å². The van der Waals surface area contributed by atoms with E-state index < -0.39 is 10.0 Å². The van der Waals surface area contributed by atoms with Gasteiger partial charge in [-0.25, -0.2) is 8.42 Å². The highest BCUT2D eigenvalue weighted by Crippen LogP contribution is 2.21. The largest absolute Gasteiger partial charge is 0.379 e. The molecular weight excluding hydrogens is 398 g/mol. The molecule has 0 bridgehead atoms. The Bertz CT molecular complexity index is 912. The van der Waals surface area contributed by atoms with Gasteiger partial charge < -0.3 is 10.1 Å². The maximum Gasteiger partial charge on any atom is 0.243 e. The van der Waals surface area contributed by atoms with Crippen molar-refractivity contribution in [1.82, 2.24) is 14.5 Å². The van der Waals surface area contributed by atoms with Crippen LogP contribution < -0.4 is 5.32 Å². The molecule has 2 aliphatic rings. The van der Waals surface area contributed by atoms with Crippen molar-refractivity contribution in [1.29, 1.82) is 0 Å². The summed E-state index contributed by atoms with van der Waals surface area (Å²) in [6, 6.07) is 18.9. The van der Waals surface area contributed by atoms with E-state index in [2.05, 4.69) is 47.5 Å². The van der Waals surface area contributed by atoms with Gasteiger partial charge in [-0.2, -0.15) is 4.31 Å². The van der Waals surface area contributed by atoms with Crippen LogP contribution in [0.2, 0.25) is 0 Å². The van der Waals surface area contributed by atoms with Crippen LogP contribution in [0.4, 0.5) is 0 Å². The summed E-state index contributed by atoms with van der Waals surface area (Å²) >= 11 is 0. The van der Waals surface area contributed by atoms with E-state index in [1.807, 2.05) is 12.1 Å². The molecule has 2 unspecified atom stereocenters. The van der Waals surface area contributed by atoms with Crippen LogP contribution in [0.3, 0.4) is 0 Å². The number of hydrogen-bond acceptors (Lipinski definition) is 5. The molecule has 0 aromatic heterocycles. The molecular formula is C23H31N3O3S. The Morgan fingerprint density at radius 3 is 2.40 bits per heavy atom. The number of rotatable bonds is 7. The predicted octanol–water partition coefficient (Wildman–Crippen LogP) is 2.46. The van der Waals surface area contributed by atoms with Gasteiger partial charge in [0, 0.05) is 44.8 Å². The molecule has 2 fully saturated rings. The molecule has 162 valence electrons. The average molecular weight is 430 g/mol. The lowest BCUT2D eigenvalue weighted by Crippen LogP contribution is -2.40. The van der Waals surface area contributed by atoms with Gasteiger partial charge in [-0.3, -0.25) is 4.90 Å². The summed E-state index contributed by atoms with van der Waals surface area (Å²) in [4.78, 5) is 2.88. The Morgan fingerprint density at radius 1 is 1.00 bits per heavy atom. The predicted molar refractivity (Wildman–Crippen MR) is 118 cm³/mol. The highest BCUT2D eigenvalue weighted by molar-refractivity contribution is 7.89.